The Morgan fingerprint density at radius 2 is 0.643 bits per heavy atom. The van der Waals surface area contributed by atoms with Crippen molar-refractivity contribution in [3.63, 3.8) is 0 Å². The smallest absolute Gasteiger partial charge is 0.164 e. The highest BCUT2D eigenvalue weighted by atomic mass is 15.0. The summed E-state index contributed by atoms with van der Waals surface area (Å²) in [6, 6.07) is 70.5. The number of nitrogens with zero attached hydrogens (tertiary/aromatic N) is 5. The molecule has 8 aromatic carbocycles. The highest BCUT2D eigenvalue weighted by Gasteiger charge is 2.17. The van der Waals surface area contributed by atoms with Crippen molar-refractivity contribution in [1.29, 1.82) is 0 Å². The number of benzene rings is 8. The molecule has 0 spiro atoms. The molecular formula is C51H33N5. The van der Waals surface area contributed by atoms with Crippen LogP contribution in [0.1, 0.15) is 0 Å². The first-order chi connectivity index (χ1) is 27.8. The van der Waals surface area contributed by atoms with Crippen molar-refractivity contribution in [3.8, 4) is 56.7 Å². The van der Waals surface area contributed by atoms with E-state index in [1.807, 2.05) is 60.7 Å². The quantitative estimate of drug-likeness (QED) is 0.172. The predicted octanol–water partition coefficient (Wildman–Crippen LogP) is 12.7. The van der Waals surface area contributed by atoms with E-state index in [0.29, 0.717) is 17.5 Å². The Kier molecular flexibility index (Phi) is 7.42. The molecule has 5 heteroatoms. The van der Waals surface area contributed by atoms with Crippen LogP contribution in [-0.2, 0) is 0 Å². The van der Waals surface area contributed by atoms with Gasteiger partial charge in [-0.3, -0.25) is 0 Å². The summed E-state index contributed by atoms with van der Waals surface area (Å²) in [5.41, 5.74) is 12.1. The highest BCUT2D eigenvalue weighted by Crippen LogP contribution is 2.38. The van der Waals surface area contributed by atoms with Gasteiger partial charge in [0.2, 0.25) is 0 Å². The lowest BCUT2D eigenvalue weighted by Crippen LogP contribution is -2.00. The Balaban J connectivity index is 1.02. The fourth-order valence-electron chi connectivity index (χ4n) is 8.13. The second kappa shape index (κ2) is 13.0. The van der Waals surface area contributed by atoms with Crippen LogP contribution in [0.5, 0.6) is 0 Å². The fourth-order valence-corrected chi connectivity index (χ4v) is 8.13. The molecule has 0 saturated carbocycles. The lowest BCUT2D eigenvalue weighted by atomic mass is 10.0. The molecule has 0 saturated heterocycles. The Bertz CT molecular complexity index is 3160. The normalized spacial score (nSPS) is 11.6. The predicted molar refractivity (Wildman–Crippen MR) is 230 cm³/mol. The van der Waals surface area contributed by atoms with Gasteiger partial charge in [-0.2, -0.15) is 0 Å². The van der Waals surface area contributed by atoms with Gasteiger partial charge in [-0.15, -0.1) is 0 Å². The van der Waals surface area contributed by atoms with Crippen LogP contribution in [0.2, 0.25) is 0 Å². The maximum absolute atomic E-state index is 4.95. The van der Waals surface area contributed by atoms with E-state index in [9.17, 15) is 0 Å². The van der Waals surface area contributed by atoms with Crippen LogP contribution in [0.3, 0.4) is 0 Å². The van der Waals surface area contributed by atoms with Gasteiger partial charge in [-0.1, -0.05) is 133 Å². The van der Waals surface area contributed by atoms with Crippen LogP contribution in [0, 0.1) is 0 Å². The zero-order valence-electron chi connectivity index (χ0n) is 30.3. The average molecular weight is 716 g/mol. The first kappa shape index (κ1) is 31.9. The Labute approximate surface area is 323 Å². The first-order valence-corrected chi connectivity index (χ1v) is 18.9. The number of rotatable bonds is 6. The number of para-hydroxylation sites is 3. The van der Waals surface area contributed by atoms with E-state index in [1.165, 1.54) is 43.7 Å². The van der Waals surface area contributed by atoms with Crippen LogP contribution in [0.4, 0.5) is 0 Å². The highest BCUT2D eigenvalue weighted by molar-refractivity contribution is 6.12. The zero-order valence-corrected chi connectivity index (χ0v) is 30.3. The van der Waals surface area contributed by atoms with Crippen molar-refractivity contribution in [2.45, 2.75) is 0 Å². The molecule has 262 valence electrons. The van der Waals surface area contributed by atoms with Crippen LogP contribution in [0.15, 0.2) is 200 Å². The second-order valence-corrected chi connectivity index (χ2v) is 14.1. The molecule has 0 radical (unpaired) electrons. The van der Waals surface area contributed by atoms with E-state index >= 15 is 0 Å². The van der Waals surface area contributed by atoms with Crippen LogP contribution in [-0.4, -0.2) is 24.1 Å². The summed E-state index contributed by atoms with van der Waals surface area (Å²) in [4.78, 5) is 14.8. The number of fused-ring (bicyclic) bond motifs is 6. The lowest BCUT2D eigenvalue weighted by Gasteiger charge is -2.11. The van der Waals surface area contributed by atoms with Crippen LogP contribution >= 0.6 is 0 Å². The molecule has 56 heavy (non-hydrogen) atoms. The van der Waals surface area contributed by atoms with E-state index in [1.54, 1.807) is 0 Å². The third-order valence-corrected chi connectivity index (χ3v) is 10.8. The zero-order chi connectivity index (χ0) is 37.0. The molecule has 3 heterocycles. The minimum atomic E-state index is 0.638. The SMILES string of the molecule is c1ccc(-c2nc(-c3ccccc3)nc(-c3ccc(-n4c5ccccc5c5cc(-c6ccc7c8ccccc8n(-c8ccccc8)c7c6)ccc54)cc3)n2)cc1. The summed E-state index contributed by atoms with van der Waals surface area (Å²) in [6.07, 6.45) is 0. The molecule has 0 unspecified atom stereocenters. The van der Waals surface area contributed by atoms with E-state index in [-0.39, 0.29) is 0 Å². The Morgan fingerprint density at radius 1 is 0.250 bits per heavy atom. The van der Waals surface area contributed by atoms with Gasteiger partial charge in [0.1, 0.15) is 0 Å². The Hall–Kier alpha value is -7.63. The molecule has 5 nitrogen and oxygen atoms in total. The maximum Gasteiger partial charge on any atom is 0.164 e. The molecule has 0 aliphatic rings. The van der Waals surface area contributed by atoms with Gasteiger partial charge >= 0.3 is 0 Å². The lowest BCUT2D eigenvalue weighted by molar-refractivity contribution is 1.07. The van der Waals surface area contributed by atoms with Crippen LogP contribution < -0.4 is 0 Å². The number of aromatic nitrogens is 5. The molecule has 11 rings (SSSR count). The second-order valence-electron chi connectivity index (χ2n) is 14.1. The molecule has 0 aliphatic heterocycles. The van der Waals surface area contributed by atoms with Crippen molar-refractivity contribution >= 4 is 43.6 Å². The van der Waals surface area contributed by atoms with E-state index in [4.69, 9.17) is 15.0 Å². The summed E-state index contributed by atoms with van der Waals surface area (Å²) in [6.45, 7) is 0. The maximum atomic E-state index is 4.95. The largest absolute Gasteiger partial charge is 0.309 e. The molecule has 0 aliphatic carbocycles. The van der Waals surface area contributed by atoms with Gasteiger partial charge < -0.3 is 9.13 Å². The van der Waals surface area contributed by atoms with Gasteiger partial charge in [0.15, 0.2) is 17.5 Å². The Morgan fingerprint density at radius 3 is 1.25 bits per heavy atom. The molecular weight excluding hydrogens is 683 g/mol. The summed E-state index contributed by atoms with van der Waals surface area (Å²) in [5, 5.41) is 4.93. The third-order valence-electron chi connectivity index (χ3n) is 10.8. The molecule has 0 atom stereocenters. The van der Waals surface area contributed by atoms with Gasteiger partial charge in [-0.25, -0.2) is 15.0 Å². The van der Waals surface area contributed by atoms with Gasteiger partial charge in [-0.05, 0) is 77.9 Å². The summed E-state index contributed by atoms with van der Waals surface area (Å²) in [7, 11) is 0. The average Bonchev–Trinajstić information content (AvgIpc) is 3.79. The molecule has 0 N–H and O–H groups in total. The van der Waals surface area contributed by atoms with Crippen molar-refractivity contribution in [3.05, 3.63) is 200 Å². The van der Waals surface area contributed by atoms with Gasteiger partial charge in [0.25, 0.3) is 0 Å². The van der Waals surface area contributed by atoms with Crippen molar-refractivity contribution in [1.82, 2.24) is 24.1 Å². The standard InChI is InChI=1S/C51H33N5/c1-4-14-34(15-5-1)49-52-50(35-16-6-2-7-17-35)54-51(53-49)36-24-28-40(29-25-36)55-46-23-13-11-21-42(46)44-32-37(27-31-47(44)55)38-26-30-43-41-20-10-12-22-45(41)56(48(43)33-38)39-18-8-3-9-19-39/h1-33H. The number of hydrogen-bond donors (Lipinski definition) is 0. The van der Waals surface area contributed by atoms with Gasteiger partial charge in [0, 0.05) is 49.6 Å². The van der Waals surface area contributed by atoms with Gasteiger partial charge in [0.05, 0.1) is 22.1 Å². The van der Waals surface area contributed by atoms with Crippen molar-refractivity contribution in [2.75, 3.05) is 0 Å². The minimum Gasteiger partial charge on any atom is -0.309 e. The third kappa shape index (κ3) is 5.29. The minimum absolute atomic E-state index is 0.638. The monoisotopic (exact) mass is 715 g/mol. The van der Waals surface area contributed by atoms with Crippen molar-refractivity contribution < 1.29 is 0 Å². The molecule has 0 fully saturated rings. The summed E-state index contributed by atoms with van der Waals surface area (Å²) < 4.78 is 4.73. The van der Waals surface area contributed by atoms with Crippen molar-refractivity contribution in [2.24, 2.45) is 0 Å². The molecule has 0 amide bonds. The summed E-state index contributed by atoms with van der Waals surface area (Å²) in [5.74, 6) is 1.94. The molecule has 3 aromatic heterocycles. The summed E-state index contributed by atoms with van der Waals surface area (Å²) >= 11 is 0. The molecule has 11 aromatic rings. The number of hydrogen-bond acceptors (Lipinski definition) is 3. The van der Waals surface area contributed by atoms with E-state index in [0.717, 1.165) is 39.1 Å². The van der Waals surface area contributed by atoms with E-state index < -0.39 is 0 Å². The van der Waals surface area contributed by atoms with Crippen LogP contribution in [0.25, 0.3) is 100 Å². The topological polar surface area (TPSA) is 48.5 Å². The fraction of sp³-hybridized carbons (Fsp3) is 0. The van der Waals surface area contributed by atoms with E-state index in [2.05, 4.69) is 149 Å². The first-order valence-electron chi connectivity index (χ1n) is 18.9. The molecule has 0 bridgehead atoms.